The molecule has 1 saturated heterocycles. The topological polar surface area (TPSA) is 58.4 Å². The highest BCUT2D eigenvalue weighted by Gasteiger charge is 2.38. The number of carbonyl (C=O) groups excluding carboxylic acids is 1. The third kappa shape index (κ3) is 3.47. The average molecular weight is 305 g/mol. The molecule has 0 aromatic heterocycles. The second kappa shape index (κ2) is 6.75. The zero-order valence-corrected chi connectivity index (χ0v) is 12.8. The van der Waals surface area contributed by atoms with Gasteiger partial charge in [0, 0.05) is 31.2 Å². The number of nitrogens with one attached hydrogen (secondary N) is 1. The van der Waals surface area contributed by atoms with E-state index in [0.29, 0.717) is 23.9 Å². The molecule has 2 aliphatic rings. The zero-order valence-electron chi connectivity index (χ0n) is 12.8. The maximum atomic E-state index is 13.5. The molecule has 3 unspecified atom stereocenters. The van der Waals surface area contributed by atoms with E-state index in [2.05, 4.69) is 10.2 Å². The lowest BCUT2D eigenvalue weighted by atomic mass is 9.78. The fourth-order valence-electron chi connectivity index (χ4n) is 3.83. The third-order valence-corrected chi connectivity index (χ3v) is 5.03. The number of halogens is 1. The van der Waals surface area contributed by atoms with Crippen molar-refractivity contribution in [3.63, 3.8) is 0 Å². The van der Waals surface area contributed by atoms with Crippen molar-refractivity contribution in [2.45, 2.75) is 31.8 Å². The summed E-state index contributed by atoms with van der Waals surface area (Å²) >= 11 is 0. The van der Waals surface area contributed by atoms with Crippen LogP contribution in [0, 0.1) is 17.7 Å². The average Bonchev–Trinajstić information content (AvgIpc) is 2.90. The van der Waals surface area contributed by atoms with Gasteiger partial charge < -0.3 is 11.1 Å². The fourth-order valence-corrected chi connectivity index (χ4v) is 3.83. The van der Waals surface area contributed by atoms with Gasteiger partial charge in [0.1, 0.15) is 5.82 Å². The van der Waals surface area contributed by atoms with E-state index in [-0.39, 0.29) is 24.3 Å². The van der Waals surface area contributed by atoms with Crippen molar-refractivity contribution in [3.05, 3.63) is 35.6 Å². The van der Waals surface area contributed by atoms with Crippen LogP contribution in [-0.4, -0.2) is 36.5 Å². The second-order valence-corrected chi connectivity index (χ2v) is 6.58. The molecule has 4 nitrogen and oxygen atoms in total. The number of likely N-dealkylation sites (tertiary alicyclic amines) is 1. The normalized spacial score (nSPS) is 28.4. The van der Waals surface area contributed by atoms with E-state index >= 15 is 0 Å². The molecule has 0 spiro atoms. The van der Waals surface area contributed by atoms with Crippen LogP contribution in [0.1, 0.15) is 24.8 Å². The molecule has 1 saturated carbocycles. The Hall–Kier alpha value is -1.46. The number of rotatable bonds is 4. The minimum absolute atomic E-state index is 0.0459. The number of nitrogens with two attached hydrogens (primary N) is 1. The molecule has 0 bridgehead atoms. The smallest absolute Gasteiger partial charge is 0.234 e. The van der Waals surface area contributed by atoms with Crippen LogP contribution in [0.5, 0.6) is 0 Å². The number of benzene rings is 1. The Balaban J connectivity index is 1.47. The summed E-state index contributed by atoms with van der Waals surface area (Å²) in [7, 11) is 0. The quantitative estimate of drug-likeness (QED) is 0.886. The van der Waals surface area contributed by atoms with Crippen LogP contribution in [0.4, 0.5) is 4.39 Å². The highest BCUT2D eigenvalue weighted by molar-refractivity contribution is 5.78. The van der Waals surface area contributed by atoms with Crippen LogP contribution in [0.25, 0.3) is 0 Å². The van der Waals surface area contributed by atoms with Crippen LogP contribution in [-0.2, 0) is 11.3 Å². The van der Waals surface area contributed by atoms with Crippen LogP contribution >= 0.6 is 0 Å². The molecule has 2 fully saturated rings. The van der Waals surface area contributed by atoms with Gasteiger partial charge in [0.25, 0.3) is 0 Å². The lowest BCUT2D eigenvalue weighted by molar-refractivity contribution is -0.122. The van der Waals surface area contributed by atoms with Gasteiger partial charge in [0.2, 0.25) is 5.91 Å². The van der Waals surface area contributed by atoms with Crippen molar-refractivity contribution in [1.29, 1.82) is 0 Å². The minimum Gasteiger partial charge on any atom is -0.351 e. The number of fused-ring (bicyclic) bond motifs is 1. The largest absolute Gasteiger partial charge is 0.351 e. The Bertz CT molecular complexity index is 536. The molecule has 0 radical (unpaired) electrons. The van der Waals surface area contributed by atoms with Crippen molar-refractivity contribution < 1.29 is 9.18 Å². The fraction of sp³-hybridized carbons (Fsp3) is 0.588. The van der Waals surface area contributed by atoms with E-state index in [1.165, 1.54) is 18.9 Å². The van der Waals surface area contributed by atoms with Gasteiger partial charge in [0.05, 0.1) is 6.54 Å². The first kappa shape index (κ1) is 15.4. The molecule has 1 aliphatic carbocycles. The lowest BCUT2D eigenvalue weighted by Gasteiger charge is -2.29. The first-order valence-electron chi connectivity index (χ1n) is 8.11. The van der Waals surface area contributed by atoms with Gasteiger partial charge in [-0.15, -0.1) is 0 Å². The van der Waals surface area contributed by atoms with E-state index in [0.717, 1.165) is 19.5 Å². The molecular formula is C17H24FN3O. The minimum atomic E-state index is -0.277. The Morgan fingerprint density at radius 3 is 2.91 bits per heavy atom. The number of amides is 1. The monoisotopic (exact) mass is 305 g/mol. The van der Waals surface area contributed by atoms with Crippen LogP contribution in [0.15, 0.2) is 24.3 Å². The molecule has 5 heteroatoms. The predicted octanol–water partition coefficient (Wildman–Crippen LogP) is 1.50. The first-order chi connectivity index (χ1) is 10.6. The summed E-state index contributed by atoms with van der Waals surface area (Å²) in [6.45, 7) is 2.50. The van der Waals surface area contributed by atoms with Gasteiger partial charge in [-0.05, 0) is 30.7 Å². The molecule has 3 atom stereocenters. The summed E-state index contributed by atoms with van der Waals surface area (Å²) in [6, 6.07) is 6.81. The molecule has 3 rings (SSSR count). The van der Waals surface area contributed by atoms with Gasteiger partial charge in [-0.3, -0.25) is 9.69 Å². The maximum absolute atomic E-state index is 13.5. The summed E-state index contributed by atoms with van der Waals surface area (Å²) in [4.78, 5) is 14.3. The van der Waals surface area contributed by atoms with Crippen molar-refractivity contribution >= 4 is 5.91 Å². The summed E-state index contributed by atoms with van der Waals surface area (Å²) in [5.74, 6) is 0.854. The Morgan fingerprint density at radius 1 is 1.32 bits per heavy atom. The third-order valence-electron chi connectivity index (χ3n) is 5.03. The van der Waals surface area contributed by atoms with E-state index in [1.54, 1.807) is 18.2 Å². The van der Waals surface area contributed by atoms with Crippen LogP contribution in [0.2, 0.25) is 0 Å². The highest BCUT2D eigenvalue weighted by Crippen LogP contribution is 2.35. The molecule has 1 aliphatic heterocycles. The van der Waals surface area contributed by atoms with E-state index < -0.39 is 0 Å². The maximum Gasteiger partial charge on any atom is 0.234 e. The van der Waals surface area contributed by atoms with Crippen molar-refractivity contribution in [3.8, 4) is 0 Å². The molecule has 3 N–H and O–H groups in total. The molecule has 1 aromatic rings. The van der Waals surface area contributed by atoms with Crippen molar-refractivity contribution in [2.24, 2.45) is 17.6 Å². The SMILES string of the molecule is NC1CCCC2CN(CC(=O)NCc3ccccc3F)CC12. The number of hydrogen-bond acceptors (Lipinski definition) is 3. The van der Waals surface area contributed by atoms with Crippen LogP contribution in [0.3, 0.4) is 0 Å². The lowest BCUT2D eigenvalue weighted by Crippen LogP contribution is -2.39. The molecule has 1 heterocycles. The molecular weight excluding hydrogens is 281 g/mol. The highest BCUT2D eigenvalue weighted by atomic mass is 19.1. The van der Waals surface area contributed by atoms with E-state index in [1.807, 2.05) is 0 Å². The summed E-state index contributed by atoms with van der Waals surface area (Å²) in [5.41, 5.74) is 6.72. The standard InChI is InChI=1S/C17H24FN3O/c18-15-6-2-1-4-12(15)8-20-17(22)11-21-9-13-5-3-7-16(19)14(13)10-21/h1-2,4,6,13-14,16H,3,5,7-11,19H2,(H,20,22). The van der Waals surface area contributed by atoms with Gasteiger partial charge in [-0.2, -0.15) is 0 Å². The molecule has 1 aromatic carbocycles. The van der Waals surface area contributed by atoms with Crippen LogP contribution < -0.4 is 11.1 Å². The zero-order chi connectivity index (χ0) is 15.5. The Labute approximate surface area is 130 Å². The van der Waals surface area contributed by atoms with Crippen molar-refractivity contribution in [1.82, 2.24) is 10.2 Å². The van der Waals surface area contributed by atoms with Crippen molar-refractivity contribution in [2.75, 3.05) is 19.6 Å². The number of hydrogen-bond donors (Lipinski definition) is 2. The van der Waals surface area contributed by atoms with E-state index in [4.69, 9.17) is 5.73 Å². The second-order valence-electron chi connectivity index (χ2n) is 6.58. The Kier molecular flexibility index (Phi) is 4.74. The van der Waals surface area contributed by atoms with E-state index in [9.17, 15) is 9.18 Å². The molecule has 22 heavy (non-hydrogen) atoms. The van der Waals surface area contributed by atoms with Gasteiger partial charge in [0.15, 0.2) is 0 Å². The molecule has 120 valence electrons. The summed E-state index contributed by atoms with van der Waals surface area (Å²) < 4.78 is 13.5. The Morgan fingerprint density at radius 2 is 2.14 bits per heavy atom. The van der Waals surface area contributed by atoms with Gasteiger partial charge >= 0.3 is 0 Å². The summed E-state index contributed by atoms with van der Waals surface area (Å²) in [5, 5.41) is 2.81. The summed E-state index contributed by atoms with van der Waals surface area (Å²) in [6.07, 6.45) is 3.54. The van der Waals surface area contributed by atoms with Gasteiger partial charge in [-0.25, -0.2) is 4.39 Å². The molecule has 1 amide bonds. The predicted molar refractivity (Wildman–Crippen MR) is 83.5 cm³/mol. The van der Waals surface area contributed by atoms with Gasteiger partial charge in [-0.1, -0.05) is 24.6 Å². The number of carbonyl (C=O) groups is 1. The number of nitrogens with zero attached hydrogens (tertiary/aromatic N) is 1. The first-order valence-corrected chi connectivity index (χ1v) is 8.11.